The van der Waals surface area contributed by atoms with Gasteiger partial charge in [0.15, 0.2) is 5.79 Å². The van der Waals surface area contributed by atoms with Crippen molar-refractivity contribution in [3.8, 4) is 0 Å². The fraction of sp³-hybridized carbons (Fsp3) is 0.941. The lowest BCUT2D eigenvalue weighted by molar-refractivity contribution is -0.260. The molecule has 1 aliphatic heterocycles. The van der Waals surface area contributed by atoms with E-state index in [0.29, 0.717) is 19.8 Å². The molecule has 1 spiro atoms. The van der Waals surface area contributed by atoms with Crippen LogP contribution >= 0.6 is 0 Å². The molecule has 128 valence electrons. The zero-order valence-corrected chi connectivity index (χ0v) is 14.9. The van der Waals surface area contributed by atoms with Crippen molar-refractivity contribution in [3.05, 3.63) is 0 Å². The quantitative estimate of drug-likeness (QED) is 0.848. The van der Waals surface area contributed by atoms with Crippen LogP contribution in [0.2, 0.25) is 0 Å². The largest absolute Gasteiger partial charge is 0.444 e. The molecule has 1 amide bonds. The summed E-state index contributed by atoms with van der Waals surface area (Å²) in [6.07, 6.45) is 2.43. The molecule has 1 N–H and O–H groups in total. The number of carbonyl (C=O) groups excluding carboxylic acids is 1. The second kappa shape index (κ2) is 5.68. The molecule has 2 rings (SSSR count). The Morgan fingerprint density at radius 1 is 1.14 bits per heavy atom. The first-order valence-electron chi connectivity index (χ1n) is 8.22. The molecule has 22 heavy (non-hydrogen) atoms. The van der Waals surface area contributed by atoms with Gasteiger partial charge in [-0.05, 0) is 39.0 Å². The van der Waals surface area contributed by atoms with E-state index in [2.05, 4.69) is 26.1 Å². The highest BCUT2D eigenvalue weighted by Gasteiger charge is 2.56. The highest BCUT2D eigenvalue weighted by atomic mass is 16.7. The third kappa shape index (κ3) is 3.74. The lowest BCUT2D eigenvalue weighted by Gasteiger charge is -2.52. The van der Waals surface area contributed by atoms with Crippen molar-refractivity contribution >= 4 is 6.09 Å². The molecule has 0 bridgehead atoms. The number of rotatable bonds is 2. The molecule has 0 aromatic rings. The molecule has 2 aliphatic rings. The van der Waals surface area contributed by atoms with Gasteiger partial charge in [0.2, 0.25) is 0 Å². The average Bonchev–Trinajstić information content (AvgIpc) is 2.81. The standard InChI is InChI=1S/C17H31NO4/c1-14(2,3)22-13(19)18-12-16(6)7-8-17(15(4,5)11-16)20-9-10-21-17/h7-12H2,1-6H3,(H,18,19). The SMILES string of the molecule is CC1(CNC(=O)OC(C)(C)C)CCC2(OCCO2)C(C)(C)C1. The number of nitrogens with one attached hydrogen (secondary N) is 1. The van der Waals surface area contributed by atoms with Crippen molar-refractivity contribution in [1.82, 2.24) is 5.32 Å². The molecule has 0 aromatic heterocycles. The van der Waals surface area contributed by atoms with Crippen molar-refractivity contribution in [2.24, 2.45) is 10.8 Å². The lowest BCUT2D eigenvalue weighted by Crippen LogP contribution is -2.54. The lowest BCUT2D eigenvalue weighted by atomic mass is 9.61. The minimum atomic E-state index is -0.466. The van der Waals surface area contributed by atoms with Crippen LogP contribution in [0.25, 0.3) is 0 Å². The van der Waals surface area contributed by atoms with E-state index in [1.165, 1.54) is 0 Å². The van der Waals surface area contributed by atoms with Gasteiger partial charge in [-0.15, -0.1) is 0 Å². The van der Waals surface area contributed by atoms with E-state index in [1.54, 1.807) is 0 Å². The van der Waals surface area contributed by atoms with Gasteiger partial charge in [0.1, 0.15) is 5.60 Å². The maximum absolute atomic E-state index is 11.9. The summed E-state index contributed by atoms with van der Waals surface area (Å²) < 4.78 is 17.2. The Labute approximate surface area is 134 Å². The second-order valence-corrected chi connectivity index (χ2v) is 8.68. The molecule has 1 saturated heterocycles. The zero-order valence-electron chi connectivity index (χ0n) is 14.9. The molecule has 1 atom stereocenters. The molecule has 1 aliphatic carbocycles. The molecule has 5 heteroatoms. The van der Waals surface area contributed by atoms with Gasteiger partial charge in [-0.25, -0.2) is 4.79 Å². The summed E-state index contributed by atoms with van der Waals surface area (Å²) >= 11 is 0. The van der Waals surface area contributed by atoms with E-state index in [1.807, 2.05) is 20.8 Å². The van der Waals surface area contributed by atoms with Gasteiger partial charge in [-0.3, -0.25) is 0 Å². The topological polar surface area (TPSA) is 56.8 Å². The van der Waals surface area contributed by atoms with Crippen LogP contribution in [0.3, 0.4) is 0 Å². The summed E-state index contributed by atoms with van der Waals surface area (Å²) in [4.78, 5) is 11.9. The maximum atomic E-state index is 11.9. The monoisotopic (exact) mass is 313 g/mol. The number of carbonyl (C=O) groups is 1. The Bertz CT molecular complexity index is 421. The van der Waals surface area contributed by atoms with Crippen LogP contribution < -0.4 is 5.32 Å². The predicted octanol–water partition coefficient (Wildman–Crippen LogP) is 3.47. The maximum Gasteiger partial charge on any atom is 0.407 e. The first-order valence-corrected chi connectivity index (χ1v) is 8.22. The fourth-order valence-corrected chi connectivity index (χ4v) is 3.84. The van der Waals surface area contributed by atoms with Crippen LogP contribution in [0.1, 0.15) is 60.8 Å². The van der Waals surface area contributed by atoms with Crippen molar-refractivity contribution in [2.45, 2.75) is 72.2 Å². The van der Waals surface area contributed by atoms with Crippen LogP contribution in [0.4, 0.5) is 4.79 Å². The summed E-state index contributed by atoms with van der Waals surface area (Å²) in [5, 5.41) is 2.92. The molecule has 1 unspecified atom stereocenters. The number of alkyl carbamates (subject to hydrolysis) is 1. The first kappa shape index (κ1) is 17.5. The van der Waals surface area contributed by atoms with Gasteiger partial charge in [0.25, 0.3) is 0 Å². The Kier molecular flexibility index (Phi) is 4.53. The highest BCUT2D eigenvalue weighted by molar-refractivity contribution is 5.67. The molecular weight excluding hydrogens is 282 g/mol. The van der Waals surface area contributed by atoms with Crippen LogP contribution in [0.5, 0.6) is 0 Å². The molecule has 1 heterocycles. The summed E-state index contributed by atoms with van der Waals surface area (Å²) in [6, 6.07) is 0. The van der Waals surface area contributed by atoms with E-state index < -0.39 is 11.4 Å². The predicted molar refractivity (Wildman–Crippen MR) is 84.6 cm³/mol. The number of hydrogen-bond donors (Lipinski definition) is 1. The minimum Gasteiger partial charge on any atom is -0.444 e. The first-order chi connectivity index (χ1) is 9.97. The van der Waals surface area contributed by atoms with E-state index in [9.17, 15) is 4.79 Å². The highest BCUT2D eigenvalue weighted by Crippen LogP contribution is 2.54. The Hall–Kier alpha value is -0.810. The van der Waals surface area contributed by atoms with Crippen molar-refractivity contribution in [1.29, 1.82) is 0 Å². The van der Waals surface area contributed by atoms with Crippen molar-refractivity contribution in [2.75, 3.05) is 19.8 Å². The van der Waals surface area contributed by atoms with Crippen molar-refractivity contribution < 1.29 is 19.0 Å². The second-order valence-electron chi connectivity index (χ2n) is 8.68. The van der Waals surface area contributed by atoms with Crippen LogP contribution in [0, 0.1) is 10.8 Å². The van der Waals surface area contributed by atoms with Gasteiger partial charge in [-0.2, -0.15) is 0 Å². The van der Waals surface area contributed by atoms with Gasteiger partial charge in [0, 0.05) is 18.4 Å². The summed E-state index contributed by atoms with van der Waals surface area (Å²) in [6.45, 7) is 14.2. The van der Waals surface area contributed by atoms with Crippen LogP contribution in [-0.2, 0) is 14.2 Å². The smallest absolute Gasteiger partial charge is 0.407 e. The normalized spacial score (nSPS) is 30.3. The van der Waals surface area contributed by atoms with Crippen LogP contribution in [-0.4, -0.2) is 37.2 Å². The summed E-state index contributed by atoms with van der Waals surface area (Å²) in [5.41, 5.74) is -0.514. The Balaban J connectivity index is 1.94. The van der Waals surface area contributed by atoms with Gasteiger partial charge in [0.05, 0.1) is 13.2 Å². The summed E-state index contributed by atoms with van der Waals surface area (Å²) in [7, 11) is 0. The fourth-order valence-electron chi connectivity index (χ4n) is 3.84. The molecule has 0 aromatic carbocycles. The van der Waals surface area contributed by atoms with Crippen molar-refractivity contribution in [3.63, 3.8) is 0 Å². The van der Waals surface area contributed by atoms with E-state index in [4.69, 9.17) is 14.2 Å². The number of hydrogen-bond acceptors (Lipinski definition) is 4. The minimum absolute atomic E-state index is 0.0287. The molecule has 5 nitrogen and oxygen atoms in total. The molecule has 1 saturated carbocycles. The zero-order chi connectivity index (χ0) is 16.6. The number of ether oxygens (including phenoxy) is 3. The molecule has 2 fully saturated rings. The van der Waals surface area contributed by atoms with E-state index >= 15 is 0 Å². The molecule has 0 radical (unpaired) electrons. The van der Waals surface area contributed by atoms with E-state index in [0.717, 1.165) is 19.3 Å². The Morgan fingerprint density at radius 2 is 1.73 bits per heavy atom. The summed E-state index contributed by atoms with van der Waals surface area (Å²) in [5.74, 6) is -0.446. The van der Waals surface area contributed by atoms with Gasteiger partial charge >= 0.3 is 6.09 Å². The average molecular weight is 313 g/mol. The Morgan fingerprint density at radius 3 is 2.23 bits per heavy atom. The van der Waals surface area contributed by atoms with E-state index in [-0.39, 0.29) is 16.9 Å². The number of amides is 1. The van der Waals surface area contributed by atoms with Gasteiger partial charge < -0.3 is 19.5 Å². The molecular formula is C17H31NO4. The third-order valence-electron chi connectivity index (χ3n) is 4.77. The van der Waals surface area contributed by atoms with Gasteiger partial charge in [-0.1, -0.05) is 20.8 Å². The third-order valence-corrected chi connectivity index (χ3v) is 4.77. The van der Waals surface area contributed by atoms with Crippen LogP contribution in [0.15, 0.2) is 0 Å².